The maximum atomic E-state index is 11.2. The Kier molecular flexibility index (Phi) is 6.98. The van der Waals surface area contributed by atoms with E-state index in [9.17, 15) is 8.42 Å². The van der Waals surface area contributed by atoms with Crippen LogP contribution in [-0.2, 0) is 16.3 Å². The number of rotatable bonds is 9. The third-order valence-electron chi connectivity index (χ3n) is 3.07. The molecule has 0 aromatic heterocycles. The lowest BCUT2D eigenvalue weighted by atomic mass is 10.0. The molecule has 120 valence electrons. The van der Waals surface area contributed by atoms with E-state index in [1.807, 2.05) is 32.0 Å². The van der Waals surface area contributed by atoms with Gasteiger partial charge in [-0.3, -0.25) is 0 Å². The second-order valence-electron chi connectivity index (χ2n) is 5.03. The summed E-state index contributed by atoms with van der Waals surface area (Å²) >= 11 is 0. The Labute approximate surface area is 127 Å². The SMILES string of the molecule is CCOc1cccc(CC(N)CC)c1OCCS(C)(=O)=O. The minimum atomic E-state index is -3.05. The summed E-state index contributed by atoms with van der Waals surface area (Å²) in [4.78, 5) is 0. The van der Waals surface area contributed by atoms with Crippen LogP contribution in [0.2, 0.25) is 0 Å². The van der Waals surface area contributed by atoms with E-state index in [-0.39, 0.29) is 18.4 Å². The predicted molar refractivity (Wildman–Crippen MR) is 84.8 cm³/mol. The molecule has 1 atom stereocenters. The Hall–Kier alpha value is -1.27. The first kappa shape index (κ1) is 17.8. The maximum absolute atomic E-state index is 11.2. The fourth-order valence-corrected chi connectivity index (χ4v) is 2.26. The van der Waals surface area contributed by atoms with E-state index < -0.39 is 9.84 Å². The Balaban J connectivity index is 2.93. The topological polar surface area (TPSA) is 78.6 Å². The van der Waals surface area contributed by atoms with Crippen LogP contribution in [0.15, 0.2) is 18.2 Å². The van der Waals surface area contributed by atoms with Crippen molar-refractivity contribution in [1.82, 2.24) is 0 Å². The van der Waals surface area contributed by atoms with Crippen LogP contribution in [-0.4, -0.2) is 39.7 Å². The summed E-state index contributed by atoms with van der Waals surface area (Å²) in [7, 11) is -3.05. The quantitative estimate of drug-likeness (QED) is 0.751. The highest BCUT2D eigenvalue weighted by atomic mass is 32.2. The van der Waals surface area contributed by atoms with Gasteiger partial charge >= 0.3 is 0 Å². The number of ether oxygens (including phenoxy) is 2. The van der Waals surface area contributed by atoms with Crippen molar-refractivity contribution in [3.05, 3.63) is 23.8 Å². The van der Waals surface area contributed by atoms with Crippen molar-refractivity contribution < 1.29 is 17.9 Å². The maximum Gasteiger partial charge on any atom is 0.164 e. The minimum absolute atomic E-state index is 0.0211. The first-order valence-corrected chi connectivity index (χ1v) is 9.24. The van der Waals surface area contributed by atoms with Gasteiger partial charge in [-0.1, -0.05) is 19.1 Å². The lowest BCUT2D eigenvalue weighted by Gasteiger charge is -2.17. The van der Waals surface area contributed by atoms with Crippen LogP contribution in [0, 0.1) is 0 Å². The second kappa shape index (κ2) is 8.24. The van der Waals surface area contributed by atoms with Crippen LogP contribution in [0.4, 0.5) is 0 Å². The minimum Gasteiger partial charge on any atom is -0.490 e. The van der Waals surface area contributed by atoms with Crippen LogP contribution in [0.1, 0.15) is 25.8 Å². The summed E-state index contributed by atoms with van der Waals surface area (Å²) in [5, 5.41) is 0. The summed E-state index contributed by atoms with van der Waals surface area (Å²) in [6, 6.07) is 5.69. The Morgan fingerprint density at radius 3 is 2.52 bits per heavy atom. The van der Waals surface area contributed by atoms with Gasteiger partial charge in [-0.15, -0.1) is 0 Å². The summed E-state index contributed by atoms with van der Waals surface area (Å²) in [5.74, 6) is 1.21. The lowest BCUT2D eigenvalue weighted by Crippen LogP contribution is -2.22. The number of hydrogen-bond acceptors (Lipinski definition) is 5. The van der Waals surface area contributed by atoms with Gasteiger partial charge in [-0.05, 0) is 31.4 Å². The molecule has 1 aromatic rings. The molecule has 0 radical (unpaired) electrons. The van der Waals surface area contributed by atoms with Gasteiger partial charge in [-0.25, -0.2) is 8.42 Å². The zero-order valence-corrected chi connectivity index (χ0v) is 13.8. The summed E-state index contributed by atoms with van der Waals surface area (Å²) < 4.78 is 33.7. The molecule has 0 saturated heterocycles. The molecule has 1 rings (SSSR count). The molecule has 0 aliphatic heterocycles. The van der Waals surface area contributed by atoms with Gasteiger partial charge in [-0.2, -0.15) is 0 Å². The van der Waals surface area contributed by atoms with Crippen molar-refractivity contribution in [3.63, 3.8) is 0 Å². The molecule has 1 aromatic carbocycles. The summed E-state index contributed by atoms with van der Waals surface area (Å²) in [6.45, 7) is 4.55. The van der Waals surface area contributed by atoms with E-state index in [0.29, 0.717) is 24.5 Å². The van der Waals surface area contributed by atoms with Crippen LogP contribution in [0.3, 0.4) is 0 Å². The van der Waals surface area contributed by atoms with E-state index in [2.05, 4.69) is 0 Å². The van der Waals surface area contributed by atoms with Crippen LogP contribution < -0.4 is 15.2 Å². The van der Waals surface area contributed by atoms with Crippen LogP contribution in [0.5, 0.6) is 11.5 Å². The first-order valence-electron chi connectivity index (χ1n) is 7.18. The van der Waals surface area contributed by atoms with Crippen molar-refractivity contribution >= 4 is 9.84 Å². The van der Waals surface area contributed by atoms with Gasteiger partial charge in [0.2, 0.25) is 0 Å². The number of hydrogen-bond donors (Lipinski definition) is 1. The fraction of sp³-hybridized carbons (Fsp3) is 0.600. The third kappa shape index (κ3) is 6.35. The number of nitrogens with two attached hydrogens (primary N) is 1. The molecule has 5 nitrogen and oxygen atoms in total. The van der Waals surface area contributed by atoms with Crippen molar-refractivity contribution in [3.8, 4) is 11.5 Å². The number of benzene rings is 1. The third-order valence-corrected chi connectivity index (χ3v) is 3.98. The Morgan fingerprint density at radius 2 is 1.95 bits per heavy atom. The molecule has 0 amide bonds. The zero-order valence-electron chi connectivity index (χ0n) is 13.0. The molecule has 2 N–H and O–H groups in total. The molecule has 0 aliphatic rings. The second-order valence-corrected chi connectivity index (χ2v) is 7.29. The van der Waals surface area contributed by atoms with Crippen LogP contribution in [0.25, 0.3) is 0 Å². The van der Waals surface area contributed by atoms with Crippen molar-refractivity contribution in [2.24, 2.45) is 5.73 Å². The molecule has 0 heterocycles. The average Bonchev–Trinajstić information content (AvgIpc) is 2.40. The highest BCUT2D eigenvalue weighted by Gasteiger charge is 2.14. The number of sulfone groups is 1. The molecular formula is C15H25NO4S. The molecular weight excluding hydrogens is 290 g/mol. The van der Waals surface area contributed by atoms with E-state index in [1.165, 1.54) is 6.26 Å². The fourth-order valence-electron chi connectivity index (χ4n) is 1.88. The molecule has 0 aliphatic carbocycles. The highest BCUT2D eigenvalue weighted by Crippen LogP contribution is 2.32. The summed E-state index contributed by atoms with van der Waals surface area (Å²) in [5.41, 5.74) is 6.95. The summed E-state index contributed by atoms with van der Waals surface area (Å²) in [6.07, 6.45) is 2.73. The molecule has 0 bridgehead atoms. The van der Waals surface area contributed by atoms with E-state index >= 15 is 0 Å². The molecule has 21 heavy (non-hydrogen) atoms. The van der Waals surface area contributed by atoms with Gasteiger partial charge in [0.1, 0.15) is 6.61 Å². The average molecular weight is 315 g/mol. The normalized spacial score (nSPS) is 13.0. The van der Waals surface area contributed by atoms with Gasteiger partial charge in [0.25, 0.3) is 0 Å². The van der Waals surface area contributed by atoms with Gasteiger partial charge in [0, 0.05) is 12.3 Å². The predicted octanol–water partition coefficient (Wildman–Crippen LogP) is 1.79. The number of para-hydroxylation sites is 1. The lowest BCUT2D eigenvalue weighted by molar-refractivity contribution is 0.285. The van der Waals surface area contributed by atoms with Crippen molar-refractivity contribution in [2.45, 2.75) is 32.7 Å². The largest absolute Gasteiger partial charge is 0.490 e. The molecule has 0 fully saturated rings. The van der Waals surface area contributed by atoms with E-state index in [4.69, 9.17) is 15.2 Å². The molecule has 1 unspecified atom stereocenters. The highest BCUT2D eigenvalue weighted by molar-refractivity contribution is 7.90. The van der Waals surface area contributed by atoms with Gasteiger partial charge in [0.05, 0.1) is 12.4 Å². The molecule has 0 spiro atoms. The monoisotopic (exact) mass is 315 g/mol. The molecule has 6 heteroatoms. The molecule has 0 saturated carbocycles. The van der Waals surface area contributed by atoms with Gasteiger partial charge in [0.15, 0.2) is 21.3 Å². The van der Waals surface area contributed by atoms with Crippen LogP contribution >= 0.6 is 0 Å². The van der Waals surface area contributed by atoms with Crippen molar-refractivity contribution in [2.75, 3.05) is 25.2 Å². The first-order chi connectivity index (χ1) is 9.87. The zero-order chi connectivity index (χ0) is 15.9. The van der Waals surface area contributed by atoms with Crippen molar-refractivity contribution in [1.29, 1.82) is 0 Å². The van der Waals surface area contributed by atoms with Gasteiger partial charge < -0.3 is 15.2 Å². The Morgan fingerprint density at radius 1 is 1.24 bits per heavy atom. The standard InChI is InChI=1S/C15H25NO4S/c1-4-13(16)11-12-7-6-8-14(19-5-2)15(12)20-9-10-21(3,17)18/h6-8,13H,4-5,9-11,16H2,1-3H3. The van der Waals surface area contributed by atoms with E-state index in [0.717, 1.165) is 12.0 Å². The smallest absolute Gasteiger partial charge is 0.164 e. The van der Waals surface area contributed by atoms with E-state index in [1.54, 1.807) is 0 Å². The Bertz CT molecular complexity index is 543.